The zero-order valence-electron chi connectivity index (χ0n) is 14.4. The predicted octanol–water partition coefficient (Wildman–Crippen LogP) is 4.88. The minimum Gasteiger partial charge on any atom is -0.465 e. The van der Waals surface area contributed by atoms with E-state index in [0.717, 1.165) is 28.1 Å². The van der Waals surface area contributed by atoms with Gasteiger partial charge in [0.15, 0.2) is 0 Å². The number of nitrogens with zero attached hydrogens (tertiary/aromatic N) is 1. The van der Waals surface area contributed by atoms with Gasteiger partial charge in [-0.2, -0.15) is 0 Å². The molecule has 0 aliphatic carbocycles. The van der Waals surface area contributed by atoms with Crippen molar-refractivity contribution in [2.45, 2.75) is 32.7 Å². The first-order chi connectivity index (χ1) is 12.0. The maximum Gasteiger partial charge on any atom is 0.256 e. The maximum absolute atomic E-state index is 12.7. The highest BCUT2D eigenvalue weighted by molar-refractivity contribution is 9.10. The third kappa shape index (κ3) is 4.10. The Hall–Kier alpha value is -1.30. The van der Waals surface area contributed by atoms with Crippen LogP contribution >= 0.6 is 27.5 Å². The van der Waals surface area contributed by atoms with Crippen LogP contribution in [0.2, 0.25) is 5.02 Å². The summed E-state index contributed by atoms with van der Waals surface area (Å²) in [4.78, 5) is 15.1. The number of aryl methyl sites for hydroxylation is 2. The van der Waals surface area contributed by atoms with Crippen LogP contribution in [0.1, 0.15) is 46.3 Å². The van der Waals surface area contributed by atoms with Crippen molar-refractivity contribution in [1.82, 2.24) is 10.2 Å². The second-order valence-electron chi connectivity index (χ2n) is 6.43. The summed E-state index contributed by atoms with van der Waals surface area (Å²) in [6, 6.07) is 8.02. The fourth-order valence-corrected chi connectivity index (χ4v) is 4.16. The van der Waals surface area contributed by atoms with Crippen LogP contribution in [0, 0.1) is 13.8 Å². The number of benzene rings is 1. The molecule has 3 rings (SSSR count). The third-order valence-electron chi connectivity index (χ3n) is 4.68. The number of furan rings is 1. The number of hydrogen-bond acceptors (Lipinski definition) is 3. The number of rotatable bonds is 5. The lowest BCUT2D eigenvalue weighted by molar-refractivity contribution is 0.0935. The van der Waals surface area contributed by atoms with Crippen molar-refractivity contribution in [3.8, 4) is 0 Å². The van der Waals surface area contributed by atoms with Crippen LogP contribution in [-0.2, 0) is 0 Å². The molecule has 1 amide bonds. The molecule has 6 heteroatoms. The Bertz CT molecular complexity index is 769. The minimum atomic E-state index is -0.118. The van der Waals surface area contributed by atoms with Gasteiger partial charge in [-0.3, -0.25) is 9.69 Å². The number of hydrogen-bond donors (Lipinski definition) is 1. The topological polar surface area (TPSA) is 45.5 Å². The Kier molecular flexibility index (Phi) is 5.87. The molecule has 1 aromatic heterocycles. The number of nitrogens with one attached hydrogen (secondary N) is 1. The summed E-state index contributed by atoms with van der Waals surface area (Å²) in [6.07, 6.45) is 2.38. The van der Waals surface area contributed by atoms with Crippen LogP contribution in [0.5, 0.6) is 0 Å². The summed E-state index contributed by atoms with van der Waals surface area (Å²) in [5, 5.41) is 3.79. The lowest BCUT2D eigenvalue weighted by Crippen LogP contribution is -2.37. The van der Waals surface area contributed by atoms with E-state index in [1.54, 1.807) is 0 Å². The van der Waals surface area contributed by atoms with E-state index in [1.807, 2.05) is 32.0 Å². The Balaban J connectivity index is 1.77. The Morgan fingerprint density at radius 2 is 2.04 bits per heavy atom. The molecule has 25 heavy (non-hydrogen) atoms. The number of carbonyl (C=O) groups is 1. The second kappa shape index (κ2) is 7.94. The van der Waals surface area contributed by atoms with E-state index in [2.05, 4.69) is 32.2 Å². The van der Waals surface area contributed by atoms with Crippen molar-refractivity contribution in [3.05, 3.63) is 56.4 Å². The van der Waals surface area contributed by atoms with Crippen LogP contribution in [0.25, 0.3) is 0 Å². The van der Waals surface area contributed by atoms with E-state index in [0.29, 0.717) is 23.6 Å². The smallest absolute Gasteiger partial charge is 0.256 e. The molecule has 2 heterocycles. The molecule has 1 atom stereocenters. The highest BCUT2D eigenvalue weighted by atomic mass is 79.9. The van der Waals surface area contributed by atoms with Crippen LogP contribution in [0.3, 0.4) is 0 Å². The van der Waals surface area contributed by atoms with Gasteiger partial charge in [-0.15, -0.1) is 0 Å². The third-order valence-corrected chi connectivity index (χ3v) is 5.87. The zero-order valence-corrected chi connectivity index (χ0v) is 16.8. The molecule has 2 aromatic rings. The van der Waals surface area contributed by atoms with Gasteiger partial charge in [0, 0.05) is 11.6 Å². The van der Waals surface area contributed by atoms with Gasteiger partial charge in [-0.05, 0) is 73.4 Å². The van der Waals surface area contributed by atoms with Crippen LogP contribution < -0.4 is 5.32 Å². The van der Waals surface area contributed by atoms with Gasteiger partial charge in [0.2, 0.25) is 0 Å². The minimum absolute atomic E-state index is 0.118. The Morgan fingerprint density at radius 1 is 1.32 bits per heavy atom. The van der Waals surface area contributed by atoms with Crippen molar-refractivity contribution in [3.63, 3.8) is 0 Å². The van der Waals surface area contributed by atoms with E-state index >= 15 is 0 Å². The summed E-state index contributed by atoms with van der Waals surface area (Å²) >= 11 is 9.62. The molecular weight excluding hydrogens is 404 g/mol. The molecule has 1 N–H and O–H groups in total. The summed E-state index contributed by atoms with van der Waals surface area (Å²) < 4.78 is 6.26. The Labute approximate surface area is 161 Å². The molecule has 4 nitrogen and oxygen atoms in total. The fraction of sp³-hybridized carbons (Fsp3) is 0.421. The quantitative estimate of drug-likeness (QED) is 0.742. The number of amides is 1. The van der Waals surface area contributed by atoms with E-state index < -0.39 is 0 Å². The monoisotopic (exact) mass is 424 g/mol. The SMILES string of the molecule is Cc1oc(C)c(C(=O)NCC(c2cccc(Cl)c2)N2CCCC2)c1Br. The summed E-state index contributed by atoms with van der Waals surface area (Å²) in [5.41, 5.74) is 1.71. The van der Waals surface area contributed by atoms with Gasteiger partial charge in [0.1, 0.15) is 11.5 Å². The van der Waals surface area contributed by atoms with Gasteiger partial charge >= 0.3 is 0 Å². The van der Waals surface area contributed by atoms with E-state index in [4.69, 9.17) is 16.0 Å². The summed E-state index contributed by atoms with van der Waals surface area (Å²) in [5.74, 6) is 1.23. The van der Waals surface area contributed by atoms with Crippen molar-refractivity contribution in [2.24, 2.45) is 0 Å². The lowest BCUT2D eigenvalue weighted by Gasteiger charge is -2.28. The van der Waals surface area contributed by atoms with Crippen LogP contribution in [-0.4, -0.2) is 30.4 Å². The van der Waals surface area contributed by atoms with Gasteiger partial charge in [0.05, 0.1) is 16.1 Å². The summed E-state index contributed by atoms with van der Waals surface area (Å²) in [6.45, 7) is 6.27. The summed E-state index contributed by atoms with van der Waals surface area (Å²) in [7, 11) is 0. The van der Waals surface area contributed by atoms with E-state index in [-0.39, 0.29) is 11.9 Å². The van der Waals surface area contributed by atoms with E-state index in [9.17, 15) is 4.79 Å². The van der Waals surface area contributed by atoms with Gasteiger partial charge in [-0.25, -0.2) is 0 Å². The molecule has 1 saturated heterocycles. The fourth-order valence-electron chi connectivity index (χ4n) is 3.42. The largest absolute Gasteiger partial charge is 0.465 e. The highest BCUT2D eigenvalue weighted by Gasteiger charge is 2.26. The van der Waals surface area contributed by atoms with Crippen molar-refractivity contribution in [2.75, 3.05) is 19.6 Å². The Morgan fingerprint density at radius 3 is 2.64 bits per heavy atom. The molecule has 134 valence electrons. The normalized spacial score (nSPS) is 16.2. The molecule has 0 radical (unpaired) electrons. The van der Waals surface area contributed by atoms with Gasteiger partial charge < -0.3 is 9.73 Å². The average molecular weight is 426 g/mol. The first-order valence-corrected chi connectivity index (χ1v) is 9.67. The molecule has 0 bridgehead atoms. The maximum atomic E-state index is 12.7. The second-order valence-corrected chi connectivity index (χ2v) is 7.66. The molecule has 0 spiro atoms. The van der Waals surface area contributed by atoms with Crippen molar-refractivity contribution >= 4 is 33.4 Å². The number of halogens is 2. The van der Waals surface area contributed by atoms with Crippen LogP contribution in [0.15, 0.2) is 33.2 Å². The van der Waals surface area contributed by atoms with Crippen LogP contribution in [0.4, 0.5) is 0 Å². The predicted molar refractivity (Wildman–Crippen MR) is 103 cm³/mol. The van der Waals surface area contributed by atoms with Crippen molar-refractivity contribution < 1.29 is 9.21 Å². The zero-order chi connectivity index (χ0) is 18.0. The highest BCUT2D eigenvalue weighted by Crippen LogP contribution is 2.29. The van der Waals surface area contributed by atoms with Gasteiger partial charge in [-0.1, -0.05) is 23.7 Å². The standard InChI is InChI=1S/C19H22BrClN2O2/c1-12-17(18(20)13(2)25-12)19(24)22-11-16(23-8-3-4-9-23)14-6-5-7-15(21)10-14/h5-7,10,16H,3-4,8-9,11H2,1-2H3,(H,22,24). The molecule has 1 unspecified atom stereocenters. The number of carbonyl (C=O) groups excluding carboxylic acids is 1. The molecule has 1 aliphatic rings. The van der Waals surface area contributed by atoms with Crippen molar-refractivity contribution in [1.29, 1.82) is 0 Å². The molecule has 0 saturated carbocycles. The molecule has 1 fully saturated rings. The number of likely N-dealkylation sites (tertiary alicyclic amines) is 1. The first kappa shape index (κ1) is 18.5. The molecular formula is C19H22BrClN2O2. The van der Waals surface area contributed by atoms with E-state index in [1.165, 1.54) is 12.8 Å². The lowest BCUT2D eigenvalue weighted by atomic mass is 10.1. The first-order valence-electron chi connectivity index (χ1n) is 8.50. The molecule has 1 aromatic carbocycles. The van der Waals surface area contributed by atoms with Gasteiger partial charge in [0.25, 0.3) is 5.91 Å². The average Bonchev–Trinajstić information content (AvgIpc) is 3.17. The molecule has 1 aliphatic heterocycles.